The molecule has 1 unspecified atom stereocenters. The molecule has 1 aliphatic carbocycles. The zero-order chi connectivity index (χ0) is 19.4. The van der Waals surface area contributed by atoms with Gasteiger partial charge in [0.25, 0.3) is 5.91 Å². The van der Waals surface area contributed by atoms with Crippen molar-refractivity contribution in [1.82, 2.24) is 4.90 Å². The Hall–Kier alpha value is -3.14. The van der Waals surface area contributed by atoms with E-state index >= 15 is 0 Å². The molecule has 142 valence electrons. The topological polar surface area (TPSA) is 58.7 Å². The van der Waals surface area contributed by atoms with Crippen molar-refractivity contribution in [1.29, 1.82) is 0 Å². The molecule has 0 saturated carbocycles. The number of nitrogens with two attached hydrogens (primary N) is 1. The van der Waals surface area contributed by atoms with Gasteiger partial charge in [-0.1, -0.05) is 78.9 Å². The maximum atomic E-state index is 13.6. The van der Waals surface area contributed by atoms with Gasteiger partial charge in [-0.15, -0.1) is 0 Å². The van der Waals surface area contributed by atoms with E-state index in [0.717, 1.165) is 36.8 Å². The number of aliphatic imine (C=N–C) groups is 1. The molecule has 4 nitrogen and oxygen atoms in total. The SMILES string of the molecule is NC1=NC(C2=CCCC=C2)(c2ccccc2)C(=O)N1CCCc1ccccc1. The van der Waals surface area contributed by atoms with Crippen molar-refractivity contribution in [2.45, 2.75) is 31.2 Å². The van der Waals surface area contributed by atoms with Gasteiger partial charge in [0.15, 0.2) is 11.5 Å². The van der Waals surface area contributed by atoms with Crippen LogP contribution in [-0.2, 0) is 16.8 Å². The second-order valence-corrected chi connectivity index (χ2v) is 7.23. The Kier molecular flexibility index (Phi) is 5.11. The van der Waals surface area contributed by atoms with E-state index in [1.165, 1.54) is 5.56 Å². The molecule has 0 saturated heterocycles. The number of hydrogen-bond donors (Lipinski definition) is 1. The fraction of sp³-hybridized carbons (Fsp3) is 0.250. The summed E-state index contributed by atoms with van der Waals surface area (Å²) in [6.45, 7) is 0.564. The maximum Gasteiger partial charge on any atom is 0.266 e. The molecule has 0 fully saturated rings. The van der Waals surface area contributed by atoms with Crippen LogP contribution in [0.15, 0.2) is 89.5 Å². The predicted molar refractivity (Wildman–Crippen MR) is 113 cm³/mol. The molecule has 1 amide bonds. The molecular weight excluding hydrogens is 346 g/mol. The molecule has 0 radical (unpaired) electrons. The van der Waals surface area contributed by atoms with E-state index in [-0.39, 0.29) is 5.91 Å². The lowest BCUT2D eigenvalue weighted by atomic mass is 9.80. The Morgan fingerprint density at radius 3 is 2.39 bits per heavy atom. The van der Waals surface area contributed by atoms with Gasteiger partial charge in [-0.3, -0.25) is 9.69 Å². The first kappa shape index (κ1) is 18.2. The van der Waals surface area contributed by atoms with E-state index in [1.54, 1.807) is 4.90 Å². The second kappa shape index (κ2) is 7.85. The van der Waals surface area contributed by atoms with Gasteiger partial charge in [-0.25, -0.2) is 4.99 Å². The number of hydrogen-bond acceptors (Lipinski definition) is 3. The first-order valence-electron chi connectivity index (χ1n) is 9.86. The Balaban J connectivity index is 1.61. The molecular formula is C24H25N3O. The fourth-order valence-electron chi connectivity index (χ4n) is 3.99. The van der Waals surface area contributed by atoms with E-state index in [2.05, 4.69) is 24.3 Å². The summed E-state index contributed by atoms with van der Waals surface area (Å²) in [4.78, 5) is 20.0. The second-order valence-electron chi connectivity index (χ2n) is 7.23. The number of allylic oxidation sites excluding steroid dienone is 2. The summed E-state index contributed by atoms with van der Waals surface area (Å²) in [7, 11) is 0. The van der Waals surface area contributed by atoms with Crippen LogP contribution in [0.1, 0.15) is 30.4 Å². The molecule has 0 bridgehead atoms. The van der Waals surface area contributed by atoms with Gasteiger partial charge in [-0.2, -0.15) is 0 Å². The average Bonchev–Trinajstić information content (AvgIpc) is 3.01. The lowest BCUT2D eigenvalue weighted by molar-refractivity contribution is -0.130. The van der Waals surface area contributed by atoms with Crippen LogP contribution in [0, 0.1) is 0 Å². The zero-order valence-corrected chi connectivity index (χ0v) is 15.9. The van der Waals surface area contributed by atoms with Crippen LogP contribution in [0.2, 0.25) is 0 Å². The summed E-state index contributed by atoms with van der Waals surface area (Å²) in [5, 5.41) is 0. The van der Waals surface area contributed by atoms with Crippen LogP contribution in [0.3, 0.4) is 0 Å². The molecule has 2 aromatic rings. The molecule has 0 aromatic heterocycles. The first-order valence-corrected chi connectivity index (χ1v) is 9.86. The lowest BCUT2D eigenvalue weighted by Crippen LogP contribution is -2.44. The Bertz CT molecular complexity index is 931. The Morgan fingerprint density at radius 1 is 1.00 bits per heavy atom. The Morgan fingerprint density at radius 2 is 1.71 bits per heavy atom. The number of guanidine groups is 1. The van der Waals surface area contributed by atoms with Crippen LogP contribution < -0.4 is 5.73 Å². The largest absolute Gasteiger partial charge is 0.369 e. The number of carbonyl (C=O) groups excluding carboxylic acids is 1. The van der Waals surface area contributed by atoms with Gasteiger partial charge in [0, 0.05) is 6.54 Å². The molecule has 1 heterocycles. The minimum atomic E-state index is -1.06. The molecule has 4 rings (SSSR count). The number of carbonyl (C=O) groups is 1. The van der Waals surface area contributed by atoms with Gasteiger partial charge >= 0.3 is 0 Å². The number of amides is 1. The highest BCUT2D eigenvalue weighted by atomic mass is 16.2. The summed E-state index contributed by atoms with van der Waals surface area (Å²) >= 11 is 0. The van der Waals surface area contributed by atoms with Gasteiger partial charge in [0.1, 0.15) is 0 Å². The number of rotatable bonds is 6. The van der Waals surface area contributed by atoms with Crippen LogP contribution in [0.4, 0.5) is 0 Å². The minimum absolute atomic E-state index is 0.0536. The van der Waals surface area contributed by atoms with Crippen LogP contribution in [-0.4, -0.2) is 23.3 Å². The normalized spacial score (nSPS) is 21.6. The molecule has 0 spiro atoms. The standard InChI is InChI=1S/C24H25N3O/c25-23-26-24(20-14-6-2-7-15-20,21-16-8-3-9-17-21)22(28)27(23)18-10-13-19-11-4-1-5-12-19/h1-2,4-8,11-12,14-17H,3,9-10,13,18H2,(H2,25,26). The number of benzene rings is 2. The summed E-state index contributed by atoms with van der Waals surface area (Å²) in [6, 6.07) is 20.1. The van der Waals surface area contributed by atoms with Crippen LogP contribution >= 0.6 is 0 Å². The molecule has 1 atom stereocenters. The van der Waals surface area contributed by atoms with Crippen LogP contribution in [0.5, 0.6) is 0 Å². The quantitative estimate of drug-likeness (QED) is 0.836. The first-order chi connectivity index (χ1) is 13.7. The van der Waals surface area contributed by atoms with E-state index < -0.39 is 5.54 Å². The van der Waals surface area contributed by atoms with Gasteiger partial charge in [0.05, 0.1) is 0 Å². The van der Waals surface area contributed by atoms with Gasteiger partial charge in [0.2, 0.25) is 0 Å². The summed E-state index contributed by atoms with van der Waals surface area (Å²) in [6.07, 6.45) is 9.90. The monoisotopic (exact) mass is 371 g/mol. The maximum absolute atomic E-state index is 13.6. The highest BCUT2D eigenvalue weighted by Gasteiger charge is 2.51. The van der Waals surface area contributed by atoms with Gasteiger partial charge in [-0.05, 0) is 42.4 Å². The van der Waals surface area contributed by atoms with Crippen LogP contribution in [0.25, 0.3) is 0 Å². The average molecular weight is 371 g/mol. The van der Waals surface area contributed by atoms with E-state index in [9.17, 15) is 4.79 Å². The third-order valence-electron chi connectivity index (χ3n) is 5.41. The third kappa shape index (κ3) is 3.26. The molecule has 4 heteroatoms. The van der Waals surface area contributed by atoms with E-state index in [4.69, 9.17) is 10.7 Å². The molecule has 1 aliphatic heterocycles. The smallest absolute Gasteiger partial charge is 0.266 e. The van der Waals surface area contributed by atoms with Gasteiger partial charge < -0.3 is 5.73 Å². The van der Waals surface area contributed by atoms with Crippen molar-refractivity contribution in [2.75, 3.05) is 6.54 Å². The summed E-state index contributed by atoms with van der Waals surface area (Å²) in [5.41, 5.74) is 8.26. The van der Waals surface area contributed by atoms with Crippen molar-refractivity contribution >= 4 is 11.9 Å². The molecule has 2 N–H and O–H groups in total. The fourth-order valence-corrected chi connectivity index (χ4v) is 3.99. The predicted octanol–water partition coefficient (Wildman–Crippen LogP) is 3.95. The Labute approximate surface area is 166 Å². The van der Waals surface area contributed by atoms with Crippen molar-refractivity contribution in [3.8, 4) is 0 Å². The molecule has 28 heavy (non-hydrogen) atoms. The van der Waals surface area contributed by atoms with Crippen molar-refractivity contribution in [3.63, 3.8) is 0 Å². The minimum Gasteiger partial charge on any atom is -0.369 e. The molecule has 2 aromatic carbocycles. The summed E-state index contributed by atoms with van der Waals surface area (Å²) < 4.78 is 0. The lowest BCUT2D eigenvalue weighted by Gasteiger charge is -2.29. The third-order valence-corrected chi connectivity index (χ3v) is 5.41. The van der Waals surface area contributed by atoms with Crippen molar-refractivity contribution in [2.24, 2.45) is 10.7 Å². The van der Waals surface area contributed by atoms with E-state index in [0.29, 0.717) is 12.5 Å². The number of aryl methyl sites for hydroxylation is 1. The van der Waals surface area contributed by atoms with E-state index in [1.807, 2.05) is 54.6 Å². The summed E-state index contributed by atoms with van der Waals surface area (Å²) in [5.74, 6) is 0.254. The molecule has 2 aliphatic rings. The highest BCUT2D eigenvalue weighted by molar-refractivity contribution is 6.09. The van der Waals surface area contributed by atoms with Crippen molar-refractivity contribution < 1.29 is 4.79 Å². The number of nitrogens with zero attached hydrogens (tertiary/aromatic N) is 2. The zero-order valence-electron chi connectivity index (χ0n) is 15.9. The van der Waals surface area contributed by atoms with Crippen molar-refractivity contribution in [3.05, 3.63) is 95.6 Å². The highest BCUT2D eigenvalue weighted by Crippen LogP contribution is 2.41.